The van der Waals surface area contributed by atoms with Gasteiger partial charge in [0.25, 0.3) is 11.8 Å². The largest absolute Gasteiger partial charge is 0.399 e. The number of amides is 2. The highest BCUT2D eigenvalue weighted by Gasteiger charge is 2.34. The summed E-state index contributed by atoms with van der Waals surface area (Å²) in [5, 5.41) is 3.50. The summed E-state index contributed by atoms with van der Waals surface area (Å²) in [6.45, 7) is 0.125. The van der Waals surface area contributed by atoms with E-state index in [1.54, 1.807) is 24.3 Å². The molecule has 1 heterocycles. The molecule has 1 aromatic carbocycles. The Hall–Kier alpha value is -2.17. The van der Waals surface area contributed by atoms with Gasteiger partial charge in [-0.1, -0.05) is 17.3 Å². The fourth-order valence-corrected chi connectivity index (χ4v) is 1.59. The molecule has 2 amide bonds. The molecule has 16 heavy (non-hydrogen) atoms. The lowest BCUT2D eigenvalue weighted by Gasteiger charge is -2.09. The van der Waals surface area contributed by atoms with Gasteiger partial charge < -0.3 is 4.84 Å². The van der Waals surface area contributed by atoms with Crippen LogP contribution in [0, 0.1) is 0 Å². The van der Waals surface area contributed by atoms with Crippen LogP contribution in [0.3, 0.4) is 0 Å². The van der Waals surface area contributed by atoms with Crippen LogP contribution in [0.2, 0.25) is 0 Å². The summed E-state index contributed by atoms with van der Waals surface area (Å²) in [6.07, 6.45) is 1.38. The molecule has 0 saturated carbocycles. The number of benzene rings is 1. The molecule has 0 radical (unpaired) electrons. The van der Waals surface area contributed by atoms with E-state index in [1.165, 1.54) is 13.3 Å². The van der Waals surface area contributed by atoms with E-state index >= 15 is 0 Å². The summed E-state index contributed by atoms with van der Waals surface area (Å²) < 4.78 is 0. The summed E-state index contributed by atoms with van der Waals surface area (Å²) in [4.78, 5) is 29.2. The number of oxime groups is 1. The Labute approximate surface area is 92.3 Å². The van der Waals surface area contributed by atoms with E-state index in [2.05, 4.69) is 9.99 Å². The lowest BCUT2D eigenvalue weighted by molar-refractivity contribution is 0.0678. The number of rotatable bonds is 3. The van der Waals surface area contributed by atoms with Gasteiger partial charge in [-0.25, -0.2) is 0 Å². The SMILES string of the molecule is CO/N=C/CN1C(=O)c2ccccc2C1=O. The monoisotopic (exact) mass is 218 g/mol. The highest BCUT2D eigenvalue weighted by Crippen LogP contribution is 2.21. The Bertz CT molecular complexity index is 433. The second-order valence-corrected chi connectivity index (χ2v) is 3.24. The first-order valence-corrected chi connectivity index (χ1v) is 4.76. The van der Waals surface area contributed by atoms with Crippen LogP contribution in [0.25, 0.3) is 0 Å². The fraction of sp³-hybridized carbons (Fsp3) is 0.182. The summed E-state index contributed by atoms with van der Waals surface area (Å²) >= 11 is 0. The van der Waals surface area contributed by atoms with Gasteiger partial charge in [0.15, 0.2) is 0 Å². The summed E-state index contributed by atoms with van der Waals surface area (Å²) in [6, 6.07) is 6.75. The number of fused-ring (bicyclic) bond motifs is 1. The lowest BCUT2D eigenvalue weighted by Crippen LogP contribution is -2.31. The number of carbonyl (C=O) groups excluding carboxylic acids is 2. The van der Waals surface area contributed by atoms with Gasteiger partial charge in [0.2, 0.25) is 0 Å². The van der Waals surface area contributed by atoms with Crippen molar-refractivity contribution in [1.29, 1.82) is 0 Å². The minimum Gasteiger partial charge on any atom is -0.399 e. The van der Waals surface area contributed by atoms with Gasteiger partial charge in [-0.3, -0.25) is 14.5 Å². The van der Waals surface area contributed by atoms with Crippen molar-refractivity contribution in [2.45, 2.75) is 0 Å². The highest BCUT2D eigenvalue weighted by molar-refractivity contribution is 6.22. The second-order valence-electron chi connectivity index (χ2n) is 3.24. The first-order valence-electron chi connectivity index (χ1n) is 4.76. The van der Waals surface area contributed by atoms with Gasteiger partial charge in [-0.05, 0) is 12.1 Å². The van der Waals surface area contributed by atoms with Crippen molar-refractivity contribution < 1.29 is 14.4 Å². The fourth-order valence-electron chi connectivity index (χ4n) is 1.59. The predicted molar refractivity (Wildman–Crippen MR) is 57.3 cm³/mol. The average Bonchev–Trinajstić information content (AvgIpc) is 2.55. The molecule has 2 rings (SSSR count). The van der Waals surface area contributed by atoms with Crippen LogP contribution < -0.4 is 0 Å². The normalized spacial score (nSPS) is 14.7. The summed E-state index contributed by atoms with van der Waals surface area (Å²) in [7, 11) is 1.40. The number of nitrogens with zero attached hydrogens (tertiary/aromatic N) is 2. The van der Waals surface area contributed by atoms with E-state index in [-0.39, 0.29) is 18.4 Å². The summed E-state index contributed by atoms with van der Waals surface area (Å²) in [5.41, 5.74) is 0.886. The third kappa shape index (κ3) is 1.56. The van der Waals surface area contributed by atoms with Crippen LogP contribution in [-0.4, -0.2) is 36.6 Å². The minimum absolute atomic E-state index is 0.125. The molecule has 5 heteroatoms. The number of imide groups is 1. The van der Waals surface area contributed by atoms with Gasteiger partial charge in [0, 0.05) is 0 Å². The van der Waals surface area contributed by atoms with Crippen LogP contribution in [0.1, 0.15) is 20.7 Å². The molecule has 1 aliphatic rings. The van der Waals surface area contributed by atoms with E-state index in [1.807, 2.05) is 0 Å². The van der Waals surface area contributed by atoms with Crippen molar-refractivity contribution in [3.8, 4) is 0 Å². The molecule has 82 valence electrons. The van der Waals surface area contributed by atoms with E-state index in [4.69, 9.17) is 0 Å². The molecule has 5 nitrogen and oxygen atoms in total. The standard InChI is InChI=1S/C11H10N2O3/c1-16-12-6-7-13-10(14)8-4-2-3-5-9(8)11(13)15/h2-6H,7H2,1H3/b12-6+. The zero-order valence-corrected chi connectivity index (χ0v) is 8.71. The Morgan fingerprint density at radius 2 is 1.81 bits per heavy atom. The van der Waals surface area contributed by atoms with Crippen LogP contribution in [0.15, 0.2) is 29.4 Å². The van der Waals surface area contributed by atoms with Crippen LogP contribution >= 0.6 is 0 Å². The molecule has 0 bridgehead atoms. The third-order valence-corrected chi connectivity index (χ3v) is 2.32. The van der Waals surface area contributed by atoms with Crippen molar-refractivity contribution >= 4 is 18.0 Å². The van der Waals surface area contributed by atoms with E-state index < -0.39 is 0 Å². The van der Waals surface area contributed by atoms with Gasteiger partial charge in [-0.15, -0.1) is 0 Å². The highest BCUT2D eigenvalue weighted by atomic mass is 16.6. The molecule has 0 spiro atoms. The first kappa shape index (κ1) is 10.4. The molecule has 0 aliphatic carbocycles. The van der Waals surface area contributed by atoms with E-state index in [0.29, 0.717) is 11.1 Å². The molecule has 0 aromatic heterocycles. The molecular weight excluding hydrogens is 208 g/mol. The van der Waals surface area contributed by atoms with Crippen molar-refractivity contribution in [2.75, 3.05) is 13.7 Å². The average molecular weight is 218 g/mol. The molecule has 1 aliphatic heterocycles. The van der Waals surface area contributed by atoms with E-state index in [9.17, 15) is 9.59 Å². The number of hydrogen-bond acceptors (Lipinski definition) is 4. The molecule has 0 fully saturated rings. The van der Waals surface area contributed by atoms with Crippen molar-refractivity contribution in [3.63, 3.8) is 0 Å². The quantitative estimate of drug-likeness (QED) is 0.430. The topological polar surface area (TPSA) is 59.0 Å². The van der Waals surface area contributed by atoms with Crippen molar-refractivity contribution in [3.05, 3.63) is 35.4 Å². The first-order chi connectivity index (χ1) is 7.75. The zero-order valence-electron chi connectivity index (χ0n) is 8.71. The lowest BCUT2D eigenvalue weighted by atomic mass is 10.1. The smallest absolute Gasteiger partial charge is 0.261 e. The number of hydrogen-bond donors (Lipinski definition) is 0. The number of carbonyl (C=O) groups is 2. The van der Waals surface area contributed by atoms with Crippen LogP contribution in [0.5, 0.6) is 0 Å². The minimum atomic E-state index is -0.289. The second kappa shape index (κ2) is 4.14. The van der Waals surface area contributed by atoms with Crippen LogP contribution in [0.4, 0.5) is 0 Å². The molecular formula is C11H10N2O3. The van der Waals surface area contributed by atoms with E-state index in [0.717, 1.165) is 4.90 Å². The molecule has 0 atom stereocenters. The maximum atomic E-state index is 11.8. The third-order valence-electron chi connectivity index (χ3n) is 2.32. The zero-order chi connectivity index (χ0) is 11.5. The molecule has 1 aromatic rings. The predicted octanol–water partition coefficient (Wildman–Crippen LogP) is 0.915. The van der Waals surface area contributed by atoms with Gasteiger partial charge in [-0.2, -0.15) is 0 Å². The molecule has 0 unspecified atom stereocenters. The molecule has 0 saturated heterocycles. The van der Waals surface area contributed by atoms with Gasteiger partial charge in [0.1, 0.15) is 7.11 Å². The maximum Gasteiger partial charge on any atom is 0.261 e. The van der Waals surface area contributed by atoms with Crippen molar-refractivity contribution in [1.82, 2.24) is 4.90 Å². The molecule has 0 N–H and O–H groups in total. The van der Waals surface area contributed by atoms with Gasteiger partial charge >= 0.3 is 0 Å². The Balaban J connectivity index is 2.25. The van der Waals surface area contributed by atoms with Crippen molar-refractivity contribution in [2.24, 2.45) is 5.16 Å². The Morgan fingerprint density at radius 3 is 2.31 bits per heavy atom. The van der Waals surface area contributed by atoms with Crippen LogP contribution in [-0.2, 0) is 4.84 Å². The summed E-state index contributed by atoms with van der Waals surface area (Å²) in [5.74, 6) is -0.577. The Morgan fingerprint density at radius 1 is 1.25 bits per heavy atom. The van der Waals surface area contributed by atoms with Gasteiger partial charge in [0.05, 0.1) is 23.9 Å². The maximum absolute atomic E-state index is 11.8. The Kier molecular flexibility index (Phi) is 2.68.